The minimum atomic E-state index is -0.575. The molecule has 0 bridgehead atoms. The van der Waals surface area contributed by atoms with E-state index < -0.39 is 4.92 Å². The van der Waals surface area contributed by atoms with Crippen LogP contribution in [-0.2, 0) is 6.42 Å². The molecule has 0 saturated carbocycles. The normalized spacial score (nSPS) is 10.2. The van der Waals surface area contributed by atoms with Gasteiger partial charge in [-0.1, -0.05) is 6.92 Å². The molecule has 0 aliphatic heterocycles. The Morgan fingerprint density at radius 1 is 1.38 bits per heavy atom. The Morgan fingerprint density at radius 3 is 2.76 bits per heavy atom. The summed E-state index contributed by atoms with van der Waals surface area (Å²) < 4.78 is 5.60. The van der Waals surface area contributed by atoms with Crippen molar-refractivity contribution in [2.75, 3.05) is 12.4 Å². The van der Waals surface area contributed by atoms with Crippen molar-refractivity contribution >= 4 is 11.5 Å². The summed E-state index contributed by atoms with van der Waals surface area (Å²) in [6.07, 6.45) is 1.86. The first-order chi connectivity index (χ1) is 10.1. The van der Waals surface area contributed by atoms with E-state index in [2.05, 4.69) is 20.3 Å². The van der Waals surface area contributed by atoms with Crippen LogP contribution in [-0.4, -0.2) is 26.9 Å². The molecule has 2 aromatic heterocycles. The first-order valence-corrected chi connectivity index (χ1v) is 6.38. The lowest BCUT2D eigenvalue weighted by atomic mass is 10.2. The molecule has 0 radical (unpaired) electrons. The van der Waals surface area contributed by atoms with Gasteiger partial charge in [0.1, 0.15) is 6.33 Å². The van der Waals surface area contributed by atoms with Crippen molar-refractivity contribution in [1.29, 1.82) is 0 Å². The van der Waals surface area contributed by atoms with Crippen LogP contribution in [0.15, 0.2) is 18.5 Å². The lowest BCUT2D eigenvalue weighted by Gasteiger charge is -2.10. The summed E-state index contributed by atoms with van der Waals surface area (Å²) in [5.41, 5.74) is 1.27. The molecule has 2 heterocycles. The van der Waals surface area contributed by atoms with Crippen LogP contribution in [0.1, 0.15) is 18.3 Å². The zero-order chi connectivity index (χ0) is 15.4. The third-order valence-electron chi connectivity index (χ3n) is 2.82. The Balaban J connectivity index is 2.47. The molecule has 0 aromatic carbocycles. The van der Waals surface area contributed by atoms with Gasteiger partial charge in [0.25, 0.3) is 0 Å². The lowest BCUT2D eigenvalue weighted by Crippen LogP contribution is -2.04. The molecule has 8 nitrogen and oxygen atoms in total. The second kappa shape index (κ2) is 6.12. The van der Waals surface area contributed by atoms with Crippen molar-refractivity contribution in [3.05, 3.63) is 40.0 Å². The molecule has 2 rings (SSSR count). The van der Waals surface area contributed by atoms with Crippen LogP contribution in [0.3, 0.4) is 0 Å². The molecule has 0 amide bonds. The Kier molecular flexibility index (Phi) is 4.27. The maximum atomic E-state index is 11.2. The van der Waals surface area contributed by atoms with Gasteiger partial charge in [-0.05, 0) is 25.5 Å². The van der Waals surface area contributed by atoms with Crippen LogP contribution < -0.4 is 10.1 Å². The van der Waals surface area contributed by atoms with E-state index in [9.17, 15) is 10.1 Å². The predicted octanol–water partition coefficient (Wildman–Crippen LogP) is 2.48. The highest BCUT2D eigenvalue weighted by Gasteiger charge is 2.24. The molecule has 1 N–H and O–H groups in total. The van der Waals surface area contributed by atoms with Crippen LogP contribution in [0.25, 0.3) is 0 Å². The van der Waals surface area contributed by atoms with E-state index in [4.69, 9.17) is 4.74 Å². The summed E-state index contributed by atoms with van der Waals surface area (Å²) in [7, 11) is 1.55. The standard InChI is InChI=1S/C13H15N5O3/c1-4-9-10(6-5-8(2)17-9)21-13-11(18(19)20)12(14-3)15-7-16-13/h5-7H,4H2,1-3H3,(H,14,15,16). The highest BCUT2D eigenvalue weighted by atomic mass is 16.6. The van der Waals surface area contributed by atoms with E-state index in [1.807, 2.05) is 13.8 Å². The molecule has 0 aliphatic carbocycles. The van der Waals surface area contributed by atoms with E-state index in [1.54, 1.807) is 19.2 Å². The van der Waals surface area contributed by atoms with Crippen LogP contribution >= 0.6 is 0 Å². The number of hydrogen-bond donors (Lipinski definition) is 1. The Hall–Kier alpha value is -2.77. The Bertz CT molecular complexity index is 675. The van der Waals surface area contributed by atoms with Gasteiger partial charge in [-0.25, -0.2) is 4.98 Å². The van der Waals surface area contributed by atoms with E-state index >= 15 is 0 Å². The minimum Gasteiger partial charge on any atom is -0.432 e. The number of nitrogens with zero attached hydrogens (tertiary/aromatic N) is 4. The molecular formula is C13H15N5O3. The molecule has 8 heteroatoms. The second-order valence-electron chi connectivity index (χ2n) is 4.24. The van der Waals surface area contributed by atoms with Crippen molar-refractivity contribution in [1.82, 2.24) is 15.0 Å². The number of ether oxygens (including phenoxy) is 1. The maximum Gasteiger partial charge on any atom is 0.373 e. The van der Waals surface area contributed by atoms with E-state index in [1.165, 1.54) is 6.33 Å². The summed E-state index contributed by atoms with van der Waals surface area (Å²) in [5.74, 6) is 0.440. The van der Waals surface area contributed by atoms with Gasteiger partial charge in [-0.2, -0.15) is 4.98 Å². The smallest absolute Gasteiger partial charge is 0.373 e. The number of anilines is 1. The summed E-state index contributed by atoms with van der Waals surface area (Å²) in [6, 6.07) is 3.51. The summed E-state index contributed by atoms with van der Waals surface area (Å²) in [4.78, 5) is 22.6. The molecule has 0 atom stereocenters. The van der Waals surface area contributed by atoms with Crippen LogP contribution in [0.2, 0.25) is 0 Å². The van der Waals surface area contributed by atoms with Gasteiger partial charge in [-0.3, -0.25) is 15.1 Å². The number of nitrogens with one attached hydrogen (secondary N) is 1. The van der Waals surface area contributed by atoms with E-state index in [0.717, 1.165) is 5.69 Å². The number of hydrogen-bond acceptors (Lipinski definition) is 7. The highest BCUT2D eigenvalue weighted by Crippen LogP contribution is 2.34. The number of pyridine rings is 1. The number of rotatable bonds is 5. The number of nitro groups is 1. The van der Waals surface area contributed by atoms with Gasteiger partial charge in [0.2, 0.25) is 5.82 Å². The van der Waals surface area contributed by atoms with Crippen molar-refractivity contribution in [2.45, 2.75) is 20.3 Å². The maximum absolute atomic E-state index is 11.2. The monoisotopic (exact) mass is 289 g/mol. The van der Waals surface area contributed by atoms with Gasteiger partial charge >= 0.3 is 11.6 Å². The van der Waals surface area contributed by atoms with Crippen molar-refractivity contribution in [2.24, 2.45) is 0 Å². The van der Waals surface area contributed by atoms with Gasteiger partial charge in [0.05, 0.1) is 10.6 Å². The van der Waals surface area contributed by atoms with Gasteiger partial charge < -0.3 is 10.1 Å². The largest absolute Gasteiger partial charge is 0.432 e. The van der Waals surface area contributed by atoms with E-state index in [-0.39, 0.29) is 17.4 Å². The fourth-order valence-corrected chi connectivity index (χ4v) is 1.83. The SMILES string of the molecule is CCc1nc(C)ccc1Oc1ncnc(NC)c1[N+](=O)[O-]. The zero-order valence-electron chi connectivity index (χ0n) is 12.0. The fourth-order valence-electron chi connectivity index (χ4n) is 1.83. The molecule has 0 fully saturated rings. The molecule has 0 spiro atoms. The average Bonchev–Trinajstić information content (AvgIpc) is 2.48. The molecule has 0 saturated heterocycles. The Labute approximate surface area is 121 Å². The van der Waals surface area contributed by atoms with Gasteiger partial charge in [-0.15, -0.1) is 0 Å². The van der Waals surface area contributed by atoms with Crippen LogP contribution in [0.4, 0.5) is 11.5 Å². The van der Waals surface area contributed by atoms with Crippen molar-refractivity contribution in [3.63, 3.8) is 0 Å². The van der Waals surface area contributed by atoms with Crippen molar-refractivity contribution in [3.8, 4) is 11.6 Å². The third-order valence-corrected chi connectivity index (χ3v) is 2.82. The van der Waals surface area contributed by atoms with Crippen molar-refractivity contribution < 1.29 is 9.66 Å². The second-order valence-corrected chi connectivity index (χ2v) is 4.24. The molecule has 21 heavy (non-hydrogen) atoms. The Morgan fingerprint density at radius 2 is 2.14 bits per heavy atom. The van der Waals surface area contributed by atoms with Gasteiger partial charge in [0.15, 0.2) is 5.75 Å². The molecule has 0 unspecified atom stereocenters. The van der Waals surface area contributed by atoms with Crippen LogP contribution in [0.5, 0.6) is 11.6 Å². The molecule has 2 aromatic rings. The average molecular weight is 289 g/mol. The quantitative estimate of drug-likeness (QED) is 0.666. The molecular weight excluding hydrogens is 274 g/mol. The minimum absolute atomic E-state index is 0.100. The van der Waals surface area contributed by atoms with Crippen LogP contribution in [0, 0.1) is 17.0 Å². The van der Waals surface area contributed by atoms with Gasteiger partial charge in [0, 0.05) is 12.7 Å². The third kappa shape index (κ3) is 3.04. The highest BCUT2D eigenvalue weighted by molar-refractivity contribution is 5.61. The first kappa shape index (κ1) is 14.6. The first-order valence-electron chi connectivity index (χ1n) is 6.38. The molecule has 110 valence electrons. The van der Waals surface area contributed by atoms with E-state index in [0.29, 0.717) is 17.9 Å². The number of aromatic nitrogens is 3. The topological polar surface area (TPSA) is 103 Å². The predicted molar refractivity (Wildman–Crippen MR) is 76.7 cm³/mol. The lowest BCUT2D eigenvalue weighted by molar-refractivity contribution is -0.385. The number of aryl methyl sites for hydroxylation is 2. The fraction of sp³-hybridized carbons (Fsp3) is 0.308. The summed E-state index contributed by atoms with van der Waals surface area (Å²) in [6.45, 7) is 3.80. The summed E-state index contributed by atoms with van der Waals surface area (Å²) >= 11 is 0. The molecule has 0 aliphatic rings. The zero-order valence-corrected chi connectivity index (χ0v) is 12.0. The summed E-state index contributed by atoms with van der Waals surface area (Å²) in [5, 5.41) is 13.8.